The lowest BCUT2D eigenvalue weighted by Gasteiger charge is -2.10. The molecule has 0 bridgehead atoms. The molecule has 0 atom stereocenters. The van der Waals surface area contributed by atoms with Crippen LogP contribution in [0, 0.1) is 26.6 Å². The molecule has 1 heterocycles. The summed E-state index contributed by atoms with van der Waals surface area (Å²) in [6, 6.07) is 12.6. The van der Waals surface area contributed by atoms with Crippen LogP contribution < -0.4 is 5.32 Å². The molecule has 0 aliphatic rings. The number of sulfone groups is 1. The van der Waals surface area contributed by atoms with Crippen molar-refractivity contribution in [2.24, 2.45) is 0 Å². The van der Waals surface area contributed by atoms with Crippen molar-refractivity contribution in [3.05, 3.63) is 71.3 Å². The monoisotopic (exact) mass is 415 g/mol. The number of carbonyl (C=O) groups is 1. The van der Waals surface area contributed by atoms with Crippen molar-refractivity contribution < 1.29 is 17.6 Å². The Hall–Kier alpha value is -3.00. The van der Waals surface area contributed by atoms with Gasteiger partial charge in [0.2, 0.25) is 5.91 Å². The van der Waals surface area contributed by atoms with Crippen molar-refractivity contribution in [2.45, 2.75) is 32.1 Å². The Kier molecular flexibility index (Phi) is 5.83. The maximum Gasteiger partial charge on any atom is 0.225 e. The maximum absolute atomic E-state index is 14.5. The average molecular weight is 415 g/mol. The van der Waals surface area contributed by atoms with E-state index in [-0.39, 0.29) is 28.4 Å². The van der Waals surface area contributed by atoms with Crippen LogP contribution in [0.15, 0.2) is 53.4 Å². The Morgan fingerprint density at radius 1 is 1.07 bits per heavy atom. The zero-order chi connectivity index (χ0) is 21.2. The molecule has 0 spiro atoms. The van der Waals surface area contributed by atoms with Gasteiger partial charge in [-0.2, -0.15) is 5.10 Å². The summed E-state index contributed by atoms with van der Waals surface area (Å²) >= 11 is 0. The van der Waals surface area contributed by atoms with Gasteiger partial charge in [-0.15, -0.1) is 0 Å². The second kappa shape index (κ2) is 8.16. The number of nitrogens with zero attached hydrogens (tertiary/aromatic N) is 2. The number of anilines is 1. The number of nitrogens with one attached hydrogen (secondary N) is 1. The molecule has 1 amide bonds. The summed E-state index contributed by atoms with van der Waals surface area (Å²) in [7, 11) is -3.56. The highest BCUT2D eigenvalue weighted by atomic mass is 32.2. The van der Waals surface area contributed by atoms with Gasteiger partial charge in [0.05, 0.1) is 16.3 Å². The first-order valence-electron chi connectivity index (χ1n) is 9.08. The van der Waals surface area contributed by atoms with E-state index in [1.807, 2.05) is 26.8 Å². The van der Waals surface area contributed by atoms with Gasteiger partial charge >= 0.3 is 0 Å². The van der Waals surface area contributed by atoms with Gasteiger partial charge in [-0.3, -0.25) is 4.79 Å². The lowest BCUT2D eigenvalue weighted by Crippen LogP contribution is -2.17. The summed E-state index contributed by atoms with van der Waals surface area (Å²) in [5.74, 6) is -1.37. The average Bonchev–Trinajstić information content (AvgIpc) is 2.98. The molecule has 29 heavy (non-hydrogen) atoms. The predicted molar refractivity (Wildman–Crippen MR) is 109 cm³/mol. The van der Waals surface area contributed by atoms with E-state index in [1.54, 1.807) is 18.2 Å². The molecule has 3 rings (SSSR count). The van der Waals surface area contributed by atoms with Crippen LogP contribution in [-0.4, -0.2) is 29.9 Å². The van der Waals surface area contributed by atoms with E-state index in [9.17, 15) is 17.6 Å². The molecule has 2 aromatic carbocycles. The van der Waals surface area contributed by atoms with Crippen molar-refractivity contribution in [3.8, 4) is 5.69 Å². The van der Waals surface area contributed by atoms with E-state index in [0.717, 1.165) is 17.0 Å². The van der Waals surface area contributed by atoms with Crippen LogP contribution >= 0.6 is 0 Å². The van der Waals surface area contributed by atoms with Crippen LogP contribution in [0.3, 0.4) is 0 Å². The summed E-state index contributed by atoms with van der Waals surface area (Å²) in [6.45, 7) is 5.51. The normalized spacial score (nSPS) is 11.4. The van der Waals surface area contributed by atoms with Crippen molar-refractivity contribution in [1.82, 2.24) is 9.78 Å². The van der Waals surface area contributed by atoms with E-state index in [4.69, 9.17) is 0 Å². The molecule has 3 aromatic rings. The molecule has 0 aliphatic carbocycles. The molecule has 0 fully saturated rings. The smallest absolute Gasteiger partial charge is 0.225 e. The summed E-state index contributed by atoms with van der Waals surface area (Å²) < 4.78 is 40.7. The number of carbonyl (C=O) groups excluding carboxylic acids is 1. The highest BCUT2D eigenvalue weighted by Gasteiger charge is 2.17. The van der Waals surface area contributed by atoms with Crippen LogP contribution in [0.5, 0.6) is 0 Å². The fraction of sp³-hybridized carbons (Fsp3) is 0.238. The Morgan fingerprint density at radius 2 is 1.76 bits per heavy atom. The van der Waals surface area contributed by atoms with Crippen molar-refractivity contribution >= 4 is 21.4 Å². The molecule has 1 aromatic heterocycles. The largest absolute Gasteiger partial charge is 0.326 e. The minimum absolute atomic E-state index is 0.177. The molecule has 0 saturated carbocycles. The zero-order valence-corrected chi connectivity index (χ0v) is 17.3. The van der Waals surface area contributed by atoms with Gasteiger partial charge in [0, 0.05) is 17.8 Å². The molecule has 1 N–H and O–H groups in total. The van der Waals surface area contributed by atoms with Crippen molar-refractivity contribution in [2.75, 3.05) is 11.1 Å². The van der Waals surface area contributed by atoms with E-state index in [0.29, 0.717) is 0 Å². The Labute approximate surface area is 169 Å². The molecule has 152 valence electrons. The highest BCUT2D eigenvalue weighted by Crippen LogP contribution is 2.20. The van der Waals surface area contributed by atoms with Crippen LogP contribution in [0.1, 0.15) is 23.4 Å². The van der Waals surface area contributed by atoms with Gasteiger partial charge < -0.3 is 5.32 Å². The molecule has 0 saturated heterocycles. The standard InChI is InChI=1S/C21H22FN3O3S/c1-14-4-7-18(8-5-14)29(27,28)11-10-21(26)23-17-6-9-20(19(22)13-17)25-16(3)12-15(2)24-25/h4-9,12-13H,10-11H2,1-3H3,(H,23,26). The summed E-state index contributed by atoms with van der Waals surface area (Å²) in [6.07, 6.45) is -0.225. The van der Waals surface area contributed by atoms with Gasteiger partial charge in [0.1, 0.15) is 5.69 Å². The minimum Gasteiger partial charge on any atom is -0.326 e. The summed E-state index contributed by atoms with van der Waals surface area (Å²) in [5.41, 5.74) is 3.04. The van der Waals surface area contributed by atoms with E-state index < -0.39 is 21.6 Å². The third-order valence-electron chi connectivity index (χ3n) is 4.45. The first-order chi connectivity index (χ1) is 13.7. The zero-order valence-electron chi connectivity index (χ0n) is 16.4. The number of aryl methyl sites for hydroxylation is 3. The number of rotatable bonds is 6. The van der Waals surface area contributed by atoms with Gasteiger partial charge in [0.15, 0.2) is 15.7 Å². The summed E-state index contributed by atoms with van der Waals surface area (Å²) in [4.78, 5) is 12.3. The third kappa shape index (κ3) is 4.89. The van der Waals surface area contributed by atoms with Gasteiger partial charge in [-0.1, -0.05) is 17.7 Å². The van der Waals surface area contributed by atoms with Crippen molar-refractivity contribution in [3.63, 3.8) is 0 Å². The van der Waals surface area contributed by atoms with Crippen LogP contribution in [0.4, 0.5) is 10.1 Å². The molecule has 0 radical (unpaired) electrons. The van der Waals surface area contributed by atoms with E-state index >= 15 is 0 Å². The molecule has 0 unspecified atom stereocenters. The van der Waals surface area contributed by atoms with E-state index in [1.165, 1.54) is 28.9 Å². The lowest BCUT2D eigenvalue weighted by molar-refractivity contribution is -0.115. The quantitative estimate of drug-likeness (QED) is 0.665. The number of amides is 1. The summed E-state index contributed by atoms with van der Waals surface area (Å²) in [5, 5.41) is 6.79. The van der Waals surface area contributed by atoms with Gasteiger partial charge in [0.25, 0.3) is 0 Å². The number of hydrogen-bond donors (Lipinski definition) is 1. The maximum atomic E-state index is 14.5. The highest BCUT2D eigenvalue weighted by molar-refractivity contribution is 7.91. The Morgan fingerprint density at radius 3 is 2.34 bits per heavy atom. The topological polar surface area (TPSA) is 81.1 Å². The fourth-order valence-electron chi connectivity index (χ4n) is 2.94. The molecular formula is C21H22FN3O3S. The first kappa shape index (κ1) is 20.7. The van der Waals surface area contributed by atoms with Gasteiger partial charge in [-0.05, 0) is 57.2 Å². The molecule has 0 aliphatic heterocycles. The van der Waals surface area contributed by atoms with Crippen LogP contribution in [0.2, 0.25) is 0 Å². The third-order valence-corrected chi connectivity index (χ3v) is 6.18. The van der Waals surface area contributed by atoms with Crippen LogP contribution in [0.25, 0.3) is 5.69 Å². The second-order valence-electron chi connectivity index (χ2n) is 6.94. The predicted octanol–water partition coefficient (Wildman–Crippen LogP) is 3.74. The second-order valence-corrected chi connectivity index (χ2v) is 9.04. The number of hydrogen-bond acceptors (Lipinski definition) is 4. The lowest BCUT2D eigenvalue weighted by atomic mass is 10.2. The number of benzene rings is 2. The van der Waals surface area contributed by atoms with Gasteiger partial charge in [-0.25, -0.2) is 17.5 Å². The van der Waals surface area contributed by atoms with Crippen molar-refractivity contribution in [1.29, 1.82) is 0 Å². The first-order valence-corrected chi connectivity index (χ1v) is 10.7. The number of aromatic nitrogens is 2. The number of halogens is 1. The van der Waals surface area contributed by atoms with Crippen LogP contribution in [-0.2, 0) is 14.6 Å². The molecule has 8 heteroatoms. The Bertz CT molecular complexity index is 1150. The SMILES string of the molecule is Cc1ccc(S(=O)(=O)CCC(=O)Nc2ccc(-n3nc(C)cc3C)c(F)c2)cc1. The molecular weight excluding hydrogens is 393 g/mol. The minimum atomic E-state index is -3.56. The van der Waals surface area contributed by atoms with E-state index in [2.05, 4.69) is 10.4 Å². The molecule has 6 nitrogen and oxygen atoms in total. The Balaban J connectivity index is 1.66. The fourth-order valence-corrected chi connectivity index (χ4v) is 4.18.